The van der Waals surface area contributed by atoms with E-state index in [1.807, 2.05) is 11.6 Å². The van der Waals surface area contributed by atoms with E-state index in [4.69, 9.17) is 0 Å². The Bertz CT molecular complexity index is 483. The van der Waals surface area contributed by atoms with E-state index in [9.17, 15) is 0 Å². The molecular weight excluding hydrogens is 246 g/mol. The van der Waals surface area contributed by atoms with E-state index >= 15 is 0 Å². The predicted molar refractivity (Wildman–Crippen MR) is 72.9 cm³/mol. The molecule has 2 heterocycles. The van der Waals surface area contributed by atoms with E-state index in [-0.39, 0.29) is 0 Å². The van der Waals surface area contributed by atoms with Crippen molar-refractivity contribution in [3.8, 4) is 0 Å². The van der Waals surface area contributed by atoms with Gasteiger partial charge in [-0.3, -0.25) is 0 Å². The molecule has 0 aromatic carbocycles. The number of rotatable bonds is 6. The van der Waals surface area contributed by atoms with Crippen molar-refractivity contribution in [1.82, 2.24) is 20.2 Å². The Hall–Kier alpha value is -1.56. The van der Waals surface area contributed by atoms with Crippen LogP contribution in [0.4, 0.5) is 5.95 Å². The van der Waals surface area contributed by atoms with Gasteiger partial charge in [0.05, 0.1) is 16.4 Å². The summed E-state index contributed by atoms with van der Waals surface area (Å²) >= 11 is 1.66. The fourth-order valence-corrected chi connectivity index (χ4v) is 2.29. The average molecular weight is 263 g/mol. The highest BCUT2D eigenvalue weighted by atomic mass is 32.1. The van der Waals surface area contributed by atoms with E-state index in [2.05, 4.69) is 39.3 Å². The van der Waals surface area contributed by atoms with Crippen LogP contribution in [0.25, 0.3) is 0 Å². The van der Waals surface area contributed by atoms with E-state index in [1.54, 1.807) is 11.3 Å². The van der Waals surface area contributed by atoms with Gasteiger partial charge in [-0.25, -0.2) is 9.97 Å². The number of thiazole rings is 1. The SMILES string of the molecule is CCc1nnc(NCCc2nccs2)nc1CC. The van der Waals surface area contributed by atoms with Crippen LogP contribution < -0.4 is 5.32 Å². The Morgan fingerprint density at radius 2 is 2.00 bits per heavy atom. The van der Waals surface area contributed by atoms with E-state index in [0.717, 1.165) is 42.2 Å². The largest absolute Gasteiger partial charge is 0.352 e. The Morgan fingerprint density at radius 3 is 2.67 bits per heavy atom. The third-order valence-corrected chi connectivity index (χ3v) is 3.45. The van der Waals surface area contributed by atoms with Crippen molar-refractivity contribution in [2.24, 2.45) is 0 Å². The van der Waals surface area contributed by atoms with Gasteiger partial charge in [-0.15, -0.1) is 16.4 Å². The first kappa shape index (κ1) is 12.9. The van der Waals surface area contributed by atoms with Crippen molar-refractivity contribution in [2.45, 2.75) is 33.1 Å². The first-order chi connectivity index (χ1) is 8.83. The summed E-state index contributed by atoms with van der Waals surface area (Å²) in [6, 6.07) is 0. The van der Waals surface area contributed by atoms with Gasteiger partial charge in [0.15, 0.2) is 0 Å². The molecule has 0 saturated carbocycles. The summed E-state index contributed by atoms with van der Waals surface area (Å²) in [5, 5.41) is 14.6. The molecule has 0 spiro atoms. The van der Waals surface area contributed by atoms with Crippen LogP contribution in [0.2, 0.25) is 0 Å². The number of hydrogen-bond acceptors (Lipinski definition) is 6. The quantitative estimate of drug-likeness (QED) is 0.864. The summed E-state index contributed by atoms with van der Waals surface area (Å²) in [7, 11) is 0. The lowest BCUT2D eigenvalue weighted by molar-refractivity contribution is 0.817. The summed E-state index contributed by atoms with van der Waals surface area (Å²) in [6.07, 6.45) is 4.48. The van der Waals surface area contributed by atoms with Gasteiger partial charge in [0, 0.05) is 24.5 Å². The minimum atomic E-state index is 0.612. The van der Waals surface area contributed by atoms with Crippen LogP contribution in [0.1, 0.15) is 30.2 Å². The van der Waals surface area contributed by atoms with Crippen molar-refractivity contribution >= 4 is 17.3 Å². The van der Waals surface area contributed by atoms with Crippen molar-refractivity contribution < 1.29 is 0 Å². The average Bonchev–Trinajstić information content (AvgIpc) is 2.91. The normalized spacial score (nSPS) is 10.6. The molecule has 1 N–H and O–H groups in total. The molecule has 0 amide bonds. The summed E-state index contributed by atoms with van der Waals surface area (Å²) < 4.78 is 0. The first-order valence-electron chi connectivity index (χ1n) is 6.18. The van der Waals surface area contributed by atoms with Gasteiger partial charge in [-0.2, -0.15) is 5.10 Å². The van der Waals surface area contributed by atoms with Crippen molar-refractivity contribution in [3.05, 3.63) is 28.0 Å². The Labute approximate surface area is 111 Å². The highest BCUT2D eigenvalue weighted by Gasteiger charge is 2.05. The molecule has 96 valence electrons. The van der Waals surface area contributed by atoms with E-state index in [0.29, 0.717) is 5.95 Å². The maximum absolute atomic E-state index is 4.48. The topological polar surface area (TPSA) is 63.6 Å². The van der Waals surface area contributed by atoms with E-state index in [1.165, 1.54) is 0 Å². The molecule has 0 fully saturated rings. The Morgan fingerprint density at radius 1 is 1.17 bits per heavy atom. The number of hydrogen-bond donors (Lipinski definition) is 1. The maximum Gasteiger partial charge on any atom is 0.242 e. The Kier molecular flexibility index (Phi) is 4.58. The van der Waals surface area contributed by atoms with Crippen molar-refractivity contribution in [3.63, 3.8) is 0 Å². The van der Waals surface area contributed by atoms with Crippen LogP contribution in [0, 0.1) is 0 Å². The third kappa shape index (κ3) is 3.22. The lowest BCUT2D eigenvalue weighted by atomic mass is 10.2. The fraction of sp³-hybridized carbons (Fsp3) is 0.500. The zero-order chi connectivity index (χ0) is 12.8. The lowest BCUT2D eigenvalue weighted by Crippen LogP contribution is -2.11. The van der Waals surface area contributed by atoms with Gasteiger partial charge in [0.1, 0.15) is 0 Å². The van der Waals surface area contributed by atoms with Gasteiger partial charge >= 0.3 is 0 Å². The summed E-state index contributed by atoms with van der Waals surface area (Å²) in [5.74, 6) is 0.612. The van der Waals surface area contributed by atoms with E-state index < -0.39 is 0 Å². The molecule has 0 saturated heterocycles. The van der Waals surface area contributed by atoms with Crippen LogP contribution in [-0.4, -0.2) is 26.7 Å². The first-order valence-corrected chi connectivity index (χ1v) is 7.06. The smallest absolute Gasteiger partial charge is 0.242 e. The fourth-order valence-electron chi connectivity index (χ4n) is 1.67. The molecule has 2 aromatic heterocycles. The number of nitrogens with zero attached hydrogens (tertiary/aromatic N) is 4. The van der Waals surface area contributed by atoms with Crippen LogP contribution >= 0.6 is 11.3 Å². The molecule has 0 aliphatic rings. The van der Waals surface area contributed by atoms with Gasteiger partial charge < -0.3 is 5.32 Å². The summed E-state index contributed by atoms with van der Waals surface area (Å²) in [5.41, 5.74) is 2.02. The predicted octanol–water partition coefficient (Wildman–Crippen LogP) is 2.11. The van der Waals surface area contributed by atoms with Crippen LogP contribution in [0.3, 0.4) is 0 Å². The molecule has 0 unspecified atom stereocenters. The molecular formula is C12H17N5S. The molecule has 0 bridgehead atoms. The highest BCUT2D eigenvalue weighted by Crippen LogP contribution is 2.08. The van der Waals surface area contributed by atoms with Crippen LogP contribution in [-0.2, 0) is 19.3 Å². The van der Waals surface area contributed by atoms with Crippen molar-refractivity contribution in [2.75, 3.05) is 11.9 Å². The number of aryl methyl sites for hydroxylation is 2. The lowest BCUT2D eigenvalue weighted by Gasteiger charge is -2.06. The second-order valence-electron chi connectivity index (χ2n) is 3.84. The highest BCUT2D eigenvalue weighted by molar-refractivity contribution is 7.09. The van der Waals surface area contributed by atoms with Crippen LogP contribution in [0.15, 0.2) is 11.6 Å². The summed E-state index contributed by atoms with van der Waals surface area (Å²) in [6.45, 7) is 4.94. The van der Waals surface area contributed by atoms with Crippen LogP contribution in [0.5, 0.6) is 0 Å². The van der Waals surface area contributed by atoms with Gasteiger partial charge in [-0.05, 0) is 12.8 Å². The molecule has 2 rings (SSSR count). The number of aromatic nitrogens is 4. The molecule has 6 heteroatoms. The minimum Gasteiger partial charge on any atom is -0.352 e. The molecule has 0 radical (unpaired) electrons. The minimum absolute atomic E-state index is 0.612. The molecule has 0 aliphatic carbocycles. The molecule has 0 aliphatic heterocycles. The molecule has 5 nitrogen and oxygen atoms in total. The third-order valence-electron chi connectivity index (χ3n) is 2.61. The monoisotopic (exact) mass is 263 g/mol. The number of nitrogens with one attached hydrogen (secondary N) is 1. The van der Waals surface area contributed by atoms with Gasteiger partial charge in [-0.1, -0.05) is 13.8 Å². The zero-order valence-electron chi connectivity index (χ0n) is 10.7. The second kappa shape index (κ2) is 6.39. The Balaban J connectivity index is 1.93. The number of anilines is 1. The zero-order valence-corrected chi connectivity index (χ0v) is 11.5. The van der Waals surface area contributed by atoms with Gasteiger partial charge in [0.25, 0.3) is 0 Å². The van der Waals surface area contributed by atoms with Gasteiger partial charge in [0.2, 0.25) is 5.95 Å². The molecule has 18 heavy (non-hydrogen) atoms. The second-order valence-corrected chi connectivity index (χ2v) is 4.82. The molecule has 0 atom stereocenters. The standard InChI is InChI=1S/C12H17N5S/c1-3-9-10(4-2)16-17-12(15-9)14-6-5-11-13-7-8-18-11/h7-8H,3-6H2,1-2H3,(H,14,15,17). The summed E-state index contributed by atoms with van der Waals surface area (Å²) in [4.78, 5) is 8.71. The molecule has 2 aromatic rings. The van der Waals surface area contributed by atoms with Crippen molar-refractivity contribution in [1.29, 1.82) is 0 Å². The maximum atomic E-state index is 4.48.